The van der Waals surface area contributed by atoms with Gasteiger partial charge in [-0.3, -0.25) is 4.84 Å². The smallest absolute Gasteiger partial charge is 0.0951 e. The minimum absolute atomic E-state index is 0.0895. The van der Waals surface area contributed by atoms with Crippen molar-refractivity contribution in [1.29, 1.82) is 10.5 Å². The minimum Gasteiger partial charge on any atom is -0.364 e. The molecule has 5 heteroatoms. The van der Waals surface area contributed by atoms with Gasteiger partial charge in [0.1, 0.15) is 0 Å². The Morgan fingerprint density at radius 2 is 2.44 bits per heavy atom. The zero-order chi connectivity index (χ0) is 11.4. The number of nitrogens with zero attached hydrogens (tertiary/aromatic N) is 3. The van der Waals surface area contributed by atoms with Gasteiger partial charge in [-0.2, -0.15) is 15.6 Å². The van der Waals surface area contributed by atoms with Crippen LogP contribution >= 0.6 is 0 Å². The first-order valence-electron chi connectivity index (χ1n) is 5.16. The van der Waals surface area contributed by atoms with Crippen molar-refractivity contribution in [3.63, 3.8) is 0 Å². The lowest BCUT2D eigenvalue weighted by Crippen LogP contribution is -2.25. The van der Waals surface area contributed by atoms with Crippen LogP contribution in [0, 0.1) is 28.6 Å². The largest absolute Gasteiger partial charge is 0.364 e. The van der Waals surface area contributed by atoms with Crippen LogP contribution in [0.25, 0.3) is 0 Å². The number of rotatable bonds is 3. The third kappa shape index (κ3) is 1.92. The first-order valence-corrected chi connectivity index (χ1v) is 5.16. The SMILES string of the molecule is N#CCCN1OC[C@@H](C#N)[C@@H]1c1ccc[nH]1. The first kappa shape index (κ1) is 10.7. The van der Waals surface area contributed by atoms with Crippen molar-refractivity contribution >= 4 is 0 Å². The maximum atomic E-state index is 9.04. The summed E-state index contributed by atoms with van der Waals surface area (Å²) in [6.45, 7) is 0.921. The average Bonchev–Trinajstić information content (AvgIpc) is 2.94. The summed E-state index contributed by atoms with van der Waals surface area (Å²) in [5.74, 6) is -0.183. The van der Waals surface area contributed by atoms with Gasteiger partial charge in [-0.15, -0.1) is 0 Å². The van der Waals surface area contributed by atoms with Crippen molar-refractivity contribution in [3.8, 4) is 12.1 Å². The molecule has 0 amide bonds. The van der Waals surface area contributed by atoms with Crippen molar-refractivity contribution in [1.82, 2.24) is 10.0 Å². The number of hydrogen-bond acceptors (Lipinski definition) is 4. The van der Waals surface area contributed by atoms with Crippen LogP contribution in [0.2, 0.25) is 0 Å². The van der Waals surface area contributed by atoms with Gasteiger partial charge in [0.05, 0.1) is 37.1 Å². The predicted octanol–water partition coefficient (Wildman–Crippen LogP) is 1.36. The van der Waals surface area contributed by atoms with E-state index in [0.717, 1.165) is 5.69 Å². The third-order valence-corrected chi connectivity index (χ3v) is 2.66. The minimum atomic E-state index is -0.183. The van der Waals surface area contributed by atoms with Gasteiger partial charge < -0.3 is 4.98 Å². The van der Waals surface area contributed by atoms with Gasteiger partial charge in [0, 0.05) is 18.4 Å². The molecular formula is C11H12N4O. The number of nitrogens with one attached hydrogen (secondary N) is 1. The van der Waals surface area contributed by atoms with E-state index in [4.69, 9.17) is 15.4 Å². The quantitative estimate of drug-likeness (QED) is 0.827. The number of hydrogen-bond donors (Lipinski definition) is 1. The van der Waals surface area contributed by atoms with Gasteiger partial charge in [0.2, 0.25) is 0 Å². The Bertz CT molecular complexity index is 414. The average molecular weight is 216 g/mol. The van der Waals surface area contributed by atoms with Gasteiger partial charge in [-0.25, -0.2) is 0 Å². The predicted molar refractivity (Wildman–Crippen MR) is 55.5 cm³/mol. The van der Waals surface area contributed by atoms with Crippen LogP contribution in [0.15, 0.2) is 18.3 Å². The molecule has 16 heavy (non-hydrogen) atoms. The van der Waals surface area contributed by atoms with Crippen LogP contribution in [0.3, 0.4) is 0 Å². The molecule has 5 nitrogen and oxygen atoms in total. The molecule has 0 saturated carbocycles. The second-order valence-corrected chi connectivity index (χ2v) is 3.65. The fraction of sp³-hybridized carbons (Fsp3) is 0.455. The summed E-state index contributed by atoms with van der Waals surface area (Å²) in [4.78, 5) is 8.53. The second kappa shape index (κ2) is 4.80. The number of aromatic amines is 1. The molecule has 1 aliphatic rings. The molecule has 0 spiro atoms. The molecule has 0 aromatic carbocycles. The second-order valence-electron chi connectivity index (χ2n) is 3.65. The zero-order valence-corrected chi connectivity index (χ0v) is 8.76. The molecule has 1 N–H and O–H groups in total. The van der Waals surface area contributed by atoms with Crippen molar-refractivity contribution in [2.24, 2.45) is 5.92 Å². The van der Waals surface area contributed by atoms with Crippen molar-refractivity contribution in [3.05, 3.63) is 24.0 Å². The lowest BCUT2D eigenvalue weighted by Gasteiger charge is -2.21. The standard InChI is InChI=1S/C11H12N4O/c12-4-2-6-15-11(9(7-13)8-16-15)10-3-1-5-14-10/h1,3,5,9,11,14H,2,6,8H2/t9-,11-/m1/s1. The molecule has 2 heterocycles. The van der Waals surface area contributed by atoms with Gasteiger partial charge in [0.15, 0.2) is 0 Å². The Kier molecular flexibility index (Phi) is 3.21. The van der Waals surface area contributed by atoms with Crippen LogP contribution in [0.4, 0.5) is 0 Å². The van der Waals surface area contributed by atoms with Crippen LogP contribution in [-0.4, -0.2) is 23.2 Å². The molecule has 0 bridgehead atoms. The zero-order valence-electron chi connectivity index (χ0n) is 8.76. The Balaban J connectivity index is 2.15. The highest BCUT2D eigenvalue weighted by Crippen LogP contribution is 2.33. The first-order chi connectivity index (χ1) is 7.86. The monoisotopic (exact) mass is 216 g/mol. The molecule has 1 aliphatic heterocycles. The van der Waals surface area contributed by atoms with Gasteiger partial charge in [-0.05, 0) is 12.1 Å². The van der Waals surface area contributed by atoms with E-state index in [1.807, 2.05) is 18.3 Å². The maximum Gasteiger partial charge on any atom is 0.0951 e. The molecule has 0 unspecified atom stereocenters. The van der Waals surface area contributed by atoms with E-state index in [2.05, 4.69) is 17.1 Å². The summed E-state index contributed by atoms with van der Waals surface area (Å²) in [7, 11) is 0. The Morgan fingerprint density at radius 1 is 1.56 bits per heavy atom. The molecule has 0 aliphatic carbocycles. The number of nitriles is 2. The maximum absolute atomic E-state index is 9.04. The summed E-state index contributed by atoms with van der Waals surface area (Å²) >= 11 is 0. The van der Waals surface area contributed by atoms with E-state index in [1.165, 1.54) is 0 Å². The summed E-state index contributed by atoms with van der Waals surface area (Å²) in [5.41, 5.74) is 0.960. The number of hydroxylamine groups is 2. The van der Waals surface area contributed by atoms with Crippen molar-refractivity contribution in [2.45, 2.75) is 12.5 Å². The van der Waals surface area contributed by atoms with Crippen LogP contribution in [0.5, 0.6) is 0 Å². The third-order valence-electron chi connectivity index (χ3n) is 2.66. The highest BCUT2D eigenvalue weighted by atomic mass is 16.7. The summed E-state index contributed by atoms with van der Waals surface area (Å²) in [6.07, 6.45) is 2.22. The summed E-state index contributed by atoms with van der Waals surface area (Å²) in [5, 5.41) is 19.3. The number of H-pyrrole nitrogens is 1. The van der Waals surface area contributed by atoms with Crippen LogP contribution in [-0.2, 0) is 4.84 Å². The fourth-order valence-corrected chi connectivity index (χ4v) is 1.92. The molecule has 82 valence electrons. The van der Waals surface area contributed by atoms with E-state index in [1.54, 1.807) is 5.06 Å². The van der Waals surface area contributed by atoms with Gasteiger partial charge in [-0.1, -0.05) is 0 Å². The van der Waals surface area contributed by atoms with E-state index in [0.29, 0.717) is 19.6 Å². The van der Waals surface area contributed by atoms with E-state index in [-0.39, 0.29) is 12.0 Å². The molecule has 1 aromatic heterocycles. The molecule has 0 radical (unpaired) electrons. The van der Waals surface area contributed by atoms with E-state index >= 15 is 0 Å². The fourth-order valence-electron chi connectivity index (χ4n) is 1.92. The molecule has 1 fully saturated rings. The molecule has 1 saturated heterocycles. The van der Waals surface area contributed by atoms with Gasteiger partial charge >= 0.3 is 0 Å². The van der Waals surface area contributed by atoms with Crippen LogP contribution in [0.1, 0.15) is 18.2 Å². The van der Waals surface area contributed by atoms with Crippen molar-refractivity contribution < 1.29 is 4.84 Å². The topological polar surface area (TPSA) is 75.8 Å². The Labute approximate surface area is 93.8 Å². The normalized spacial score (nSPS) is 25.1. The highest BCUT2D eigenvalue weighted by molar-refractivity contribution is 5.14. The lowest BCUT2D eigenvalue weighted by atomic mass is 10.0. The van der Waals surface area contributed by atoms with E-state index in [9.17, 15) is 0 Å². The molecule has 1 aromatic rings. The Hall–Kier alpha value is -1.82. The van der Waals surface area contributed by atoms with Crippen LogP contribution < -0.4 is 0 Å². The lowest BCUT2D eigenvalue weighted by molar-refractivity contribution is -0.132. The van der Waals surface area contributed by atoms with E-state index < -0.39 is 0 Å². The number of aromatic nitrogens is 1. The highest BCUT2D eigenvalue weighted by Gasteiger charge is 2.37. The Morgan fingerprint density at radius 3 is 3.06 bits per heavy atom. The van der Waals surface area contributed by atoms with Gasteiger partial charge in [0.25, 0.3) is 0 Å². The summed E-state index contributed by atoms with van der Waals surface area (Å²) in [6, 6.07) is 8.06. The molecule has 2 atom stereocenters. The molecular weight excluding hydrogens is 204 g/mol. The summed E-state index contributed by atoms with van der Waals surface area (Å²) < 4.78 is 0. The molecule has 2 rings (SSSR count). The van der Waals surface area contributed by atoms with Crippen molar-refractivity contribution in [2.75, 3.05) is 13.2 Å².